The Hall–Kier alpha value is -2.99. The third-order valence-corrected chi connectivity index (χ3v) is 5.94. The number of nitrogens with zero attached hydrogens (tertiary/aromatic N) is 4. The second kappa shape index (κ2) is 7.94. The van der Waals surface area contributed by atoms with Crippen LogP contribution in [0.15, 0.2) is 54.7 Å². The van der Waals surface area contributed by atoms with Crippen molar-refractivity contribution in [3.63, 3.8) is 0 Å². The molecule has 1 N–H and O–H groups in total. The summed E-state index contributed by atoms with van der Waals surface area (Å²) in [6.45, 7) is -0.0189. The number of benzene rings is 2. The van der Waals surface area contributed by atoms with Crippen LogP contribution in [-0.2, 0) is 0 Å². The first kappa shape index (κ1) is 18.4. The lowest BCUT2D eigenvalue weighted by Crippen LogP contribution is -1.97. The van der Waals surface area contributed by atoms with Gasteiger partial charge in [-0.3, -0.25) is 4.79 Å². The van der Waals surface area contributed by atoms with Crippen LogP contribution in [0.4, 0.5) is 0 Å². The van der Waals surface area contributed by atoms with Gasteiger partial charge in [-0.15, -0.1) is 0 Å². The van der Waals surface area contributed by atoms with Gasteiger partial charge in [0, 0.05) is 22.4 Å². The molecule has 0 aliphatic rings. The smallest absolute Gasteiger partial charge is 0.219 e. The molecule has 0 radical (unpaired) electrons. The highest BCUT2D eigenvalue weighted by Gasteiger charge is 2.14. The molecule has 0 saturated carbocycles. The van der Waals surface area contributed by atoms with E-state index in [9.17, 15) is 4.79 Å². The van der Waals surface area contributed by atoms with Crippen molar-refractivity contribution < 1.29 is 9.90 Å². The van der Waals surface area contributed by atoms with Gasteiger partial charge in [0.05, 0.1) is 30.1 Å². The molecule has 0 spiro atoms. The summed E-state index contributed by atoms with van der Waals surface area (Å²) < 4.78 is 1.79. The molecule has 2 aromatic heterocycles. The van der Waals surface area contributed by atoms with E-state index in [4.69, 9.17) is 10.4 Å². The van der Waals surface area contributed by atoms with Crippen molar-refractivity contribution in [1.82, 2.24) is 14.6 Å². The highest BCUT2D eigenvalue weighted by Crippen LogP contribution is 2.30. The lowest BCUT2D eigenvalue weighted by atomic mass is 10.1. The highest BCUT2D eigenvalue weighted by atomic mass is 32.2. The van der Waals surface area contributed by atoms with Gasteiger partial charge in [0.25, 0.3) is 0 Å². The summed E-state index contributed by atoms with van der Waals surface area (Å²) in [6, 6.07) is 16.7. The zero-order chi connectivity index (χ0) is 19.5. The van der Waals surface area contributed by atoms with Crippen LogP contribution < -0.4 is 0 Å². The number of hydrogen-bond acceptors (Lipinski definition) is 7. The minimum Gasteiger partial charge on any atom is -0.396 e. The molecule has 0 amide bonds. The van der Waals surface area contributed by atoms with Gasteiger partial charge in [0.15, 0.2) is 0 Å². The summed E-state index contributed by atoms with van der Waals surface area (Å²) in [5.41, 5.74) is 3.90. The molecule has 4 aromatic rings. The number of nitriles is 1. The molecule has 0 unspecified atom stereocenters. The Kier molecular flexibility index (Phi) is 5.21. The summed E-state index contributed by atoms with van der Waals surface area (Å²) in [5.74, 6) is 0.391. The number of carbonyl (C=O) groups is 1. The van der Waals surface area contributed by atoms with Crippen LogP contribution >= 0.6 is 23.1 Å². The largest absolute Gasteiger partial charge is 0.396 e. The van der Waals surface area contributed by atoms with E-state index in [0.717, 1.165) is 38.6 Å². The minimum absolute atomic E-state index is 0.0189. The fraction of sp³-hybridized carbons (Fsp3) is 0.100. The van der Waals surface area contributed by atoms with Crippen molar-refractivity contribution in [1.29, 1.82) is 5.26 Å². The molecule has 4 rings (SSSR count). The number of imidazole rings is 1. The first-order valence-corrected chi connectivity index (χ1v) is 10.2. The maximum absolute atomic E-state index is 12.0. The molecule has 0 atom stereocenters. The molecule has 0 saturated heterocycles. The SMILES string of the molecule is N#Cc1ccc(-c2cnc3sc(-c4ccc(C(=O)SCCO)cc4)nn23)cc1. The second-order valence-electron chi connectivity index (χ2n) is 5.87. The lowest BCUT2D eigenvalue weighted by Gasteiger charge is -2.01. The predicted molar refractivity (Wildman–Crippen MR) is 110 cm³/mol. The van der Waals surface area contributed by atoms with Gasteiger partial charge in [0.1, 0.15) is 5.01 Å². The average Bonchev–Trinajstić information content (AvgIpc) is 3.33. The number of rotatable bonds is 5. The van der Waals surface area contributed by atoms with Crippen molar-refractivity contribution in [2.75, 3.05) is 12.4 Å². The van der Waals surface area contributed by atoms with Crippen LogP contribution in [0, 0.1) is 11.3 Å². The monoisotopic (exact) mass is 406 g/mol. The minimum atomic E-state index is -0.0577. The van der Waals surface area contributed by atoms with E-state index in [1.165, 1.54) is 11.3 Å². The molecule has 0 fully saturated rings. The van der Waals surface area contributed by atoms with Gasteiger partial charge in [-0.2, -0.15) is 10.4 Å². The zero-order valence-electron chi connectivity index (χ0n) is 14.6. The lowest BCUT2D eigenvalue weighted by molar-refractivity contribution is 0.108. The molecule has 2 heterocycles. The number of carbonyl (C=O) groups excluding carboxylic acids is 1. The van der Waals surface area contributed by atoms with Crippen molar-refractivity contribution in [2.24, 2.45) is 0 Å². The fourth-order valence-corrected chi connectivity index (χ4v) is 4.15. The van der Waals surface area contributed by atoms with Crippen LogP contribution in [0.3, 0.4) is 0 Å². The number of aliphatic hydroxyl groups is 1. The Balaban J connectivity index is 1.62. The number of hydrogen-bond donors (Lipinski definition) is 1. The third-order valence-electron chi connectivity index (χ3n) is 4.09. The van der Waals surface area contributed by atoms with Crippen LogP contribution in [0.25, 0.3) is 26.8 Å². The quantitative estimate of drug-likeness (QED) is 0.541. The summed E-state index contributed by atoms with van der Waals surface area (Å²) in [7, 11) is 0. The Labute approximate surface area is 169 Å². The molecular formula is C20H14N4O2S2. The molecule has 2 aromatic carbocycles. The summed E-state index contributed by atoms with van der Waals surface area (Å²) >= 11 is 2.57. The number of aliphatic hydroxyl groups excluding tert-OH is 1. The van der Waals surface area contributed by atoms with E-state index in [1.807, 2.05) is 24.3 Å². The van der Waals surface area contributed by atoms with E-state index in [2.05, 4.69) is 16.2 Å². The summed E-state index contributed by atoms with van der Waals surface area (Å²) in [5, 5.41) is 23.2. The molecule has 0 bridgehead atoms. The van der Waals surface area contributed by atoms with E-state index in [-0.39, 0.29) is 11.7 Å². The number of fused-ring (bicyclic) bond motifs is 1. The normalized spacial score (nSPS) is 10.9. The van der Waals surface area contributed by atoms with Crippen molar-refractivity contribution in [3.8, 4) is 27.9 Å². The van der Waals surface area contributed by atoms with Crippen LogP contribution in [0.2, 0.25) is 0 Å². The van der Waals surface area contributed by atoms with Gasteiger partial charge >= 0.3 is 0 Å². The maximum atomic E-state index is 12.0. The van der Waals surface area contributed by atoms with Crippen LogP contribution in [0.1, 0.15) is 15.9 Å². The Morgan fingerprint density at radius 2 is 1.86 bits per heavy atom. The Morgan fingerprint density at radius 1 is 1.14 bits per heavy atom. The number of aromatic nitrogens is 3. The van der Waals surface area contributed by atoms with Crippen molar-refractivity contribution in [2.45, 2.75) is 0 Å². The Morgan fingerprint density at radius 3 is 2.54 bits per heavy atom. The number of thioether (sulfide) groups is 1. The molecule has 28 heavy (non-hydrogen) atoms. The van der Waals surface area contributed by atoms with Crippen LogP contribution in [-0.4, -0.2) is 37.2 Å². The van der Waals surface area contributed by atoms with Gasteiger partial charge in [-0.1, -0.05) is 47.4 Å². The predicted octanol–water partition coefficient (Wildman–Crippen LogP) is 3.86. The Bertz CT molecular complexity index is 1170. The first-order chi connectivity index (χ1) is 13.7. The molecular weight excluding hydrogens is 392 g/mol. The topological polar surface area (TPSA) is 91.3 Å². The summed E-state index contributed by atoms with van der Waals surface area (Å²) in [4.78, 5) is 17.2. The maximum Gasteiger partial charge on any atom is 0.219 e. The van der Waals surface area contributed by atoms with E-state index in [1.54, 1.807) is 35.0 Å². The molecule has 6 nitrogen and oxygen atoms in total. The standard InChI is InChI=1S/C20H14N4O2S2/c21-11-13-1-3-14(4-2-13)17-12-22-20-24(17)23-18(28-20)15-5-7-16(8-6-15)19(26)27-10-9-25/h1-8,12,25H,9-10H2. The van der Waals surface area contributed by atoms with Crippen LogP contribution in [0.5, 0.6) is 0 Å². The first-order valence-electron chi connectivity index (χ1n) is 8.43. The van der Waals surface area contributed by atoms with Gasteiger partial charge in [-0.25, -0.2) is 9.50 Å². The van der Waals surface area contributed by atoms with E-state index < -0.39 is 0 Å². The molecule has 138 valence electrons. The van der Waals surface area contributed by atoms with Gasteiger partial charge < -0.3 is 5.11 Å². The molecule has 8 heteroatoms. The molecule has 0 aliphatic heterocycles. The van der Waals surface area contributed by atoms with Gasteiger partial charge in [-0.05, 0) is 24.3 Å². The third kappa shape index (κ3) is 3.55. The highest BCUT2D eigenvalue weighted by molar-refractivity contribution is 8.14. The summed E-state index contributed by atoms with van der Waals surface area (Å²) in [6.07, 6.45) is 1.77. The van der Waals surface area contributed by atoms with Gasteiger partial charge in [0.2, 0.25) is 10.1 Å². The van der Waals surface area contributed by atoms with E-state index >= 15 is 0 Å². The molecule has 0 aliphatic carbocycles. The van der Waals surface area contributed by atoms with Crippen molar-refractivity contribution >= 4 is 33.2 Å². The zero-order valence-corrected chi connectivity index (χ0v) is 16.2. The van der Waals surface area contributed by atoms with E-state index in [0.29, 0.717) is 16.9 Å². The average molecular weight is 406 g/mol. The fourth-order valence-electron chi connectivity index (χ4n) is 2.69. The van der Waals surface area contributed by atoms with Crippen molar-refractivity contribution in [3.05, 3.63) is 65.9 Å². The second-order valence-corrected chi connectivity index (χ2v) is 7.89.